The topological polar surface area (TPSA) is 341 Å². The van der Waals surface area contributed by atoms with E-state index in [9.17, 15) is 71.5 Å². The molecule has 10 unspecified atom stereocenters. The molecule has 0 radical (unpaired) electrons. The third-order valence-corrected chi connectivity index (χ3v) is 8.51. The third kappa shape index (κ3) is 15.9. The van der Waals surface area contributed by atoms with Crippen LogP contribution < -0.4 is 5.32 Å². The molecule has 0 aromatic rings. The zero-order valence-corrected chi connectivity index (χ0v) is 38.7. The molecule has 0 aromatic heterocycles. The fourth-order valence-corrected chi connectivity index (χ4v) is 5.85. The average Bonchev–Trinajstić information content (AvgIpc) is 3.03. The number of aliphatic hydroxyl groups is 14. The highest BCUT2D eigenvalue weighted by Gasteiger charge is 2.54. The minimum atomic E-state index is -1.98. The summed E-state index contributed by atoms with van der Waals surface area (Å²) in [6.07, 6.45) is -28.1. The summed E-state index contributed by atoms with van der Waals surface area (Å²) in [6, 6.07) is -2.51. The summed E-state index contributed by atoms with van der Waals surface area (Å²) in [5, 5.41) is 146. The standard InChI is InChI=1S/C25H43NO19.10H2S/c27-2-6-1-7(13(32)15(34)12(6)31)26-11-8(3-28)42-24(19(38)14(11)33)45-22-10(5-30)43-25(20(39)17(22)36)44-21-9(4-29)41-23(40)18(37)16(21)35;;;;;;;;;;/h1,7-40H,2-5H2;10*1H2/t7?,8?,9?,10-,11-,12?,13?,14?,15+,16?,17-,18-,19-,20?,21?,22?,23+,24+,25+;;;;;;;;;;/m1........../s1. The molecule has 55 heavy (non-hydrogen) atoms. The number of hydrogen-bond donors (Lipinski definition) is 15. The van der Waals surface area contributed by atoms with Crippen LogP contribution in [0.3, 0.4) is 0 Å². The normalized spacial score (nSPS) is 41.9. The predicted octanol–water partition coefficient (Wildman–Crippen LogP) is -8.46. The van der Waals surface area contributed by atoms with Crippen LogP contribution in [0.15, 0.2) is 11.6 Å². The minimum absolute atomic E-state index is 0. The molecule has 0 saturated carbocycles. The van der Waals surface area contributed by atoms with Gasteiger partial charge in [-0.1, -0.05) is 6.08 Å². The first kappa shape index (κ1) is 71.9. The summed E-state index contributed by atoms with van der Waals surface area (Å²) in [6.45, 7) is -3.13. The van der Waals surface area contributed by atoms with Crippen LogP contribution in [0.5, 0.6) is 0 Å². The lowest BCUT2D eigenvalue weighted by atomic mass is 9.86. The second-order valence-electron chi connectivity index (χ2n) is 11.4. The molecular weight excluding hydrogens is 939 g/mol. The van der Waals surface area contributed by atoms with Crippen LogP contribution in [0.4, 0.5) is 0 Å². The van der Waals surface area contributed by atoms with Crippen LogP contribution in [-0.2, 0) is 23.7 Å². The van der Waals surface area contributed by atoms with E-state index in [-0.39, 0.29) is 141 Å². The van der Waals surface area contributed by atoms with E-state index < -0.39 is 143 Å². The monoisotopic (exact) mass is 1000 g/mol. The Labute approximate surface area is 387 Å². The van der Waals surface area contributed by atoms with Crippen molar-refractivity contribution in [3.63, 3.8) is 0 Å². The van der Waals surface area contributed by atoms with Crippen molar-refractivity contribution in [2.75, 3.05) is 26.4 Å². The highest BCUT2D eigenvalue weighted by molar-refractivity contribution is 7.60. The molecule has 15 N–H and O–H groups in total. The minimum Gasteiger partial charge on any atom is -0.394 e. The largest absolute Gasteiger partial charge is 0.394 e. The Hall–Kier alpha value is 2.44. The predicted molar refractivity (Wildman–Crippen MR) is 243 cm³/mol. The first-order valence-electron chi connectivity index (χ1n) is 14.3. The van der Waals surface area contributed by atoms with Gasteiger partial charge in [0.05, 0.1) is 38.5 Å². The van der Waals surface area contributed by atoms with Gasteiger partial charge in [-0.15, -0.1) is 0 Å². The van der Waals surface area contributed by atoms with Crippen molar-refractivity contribution in [1.29, 1.82) is 0 Å². The van der Waals surface area contributed by atoms with Gasteiger partial charge in [-0.05, 0) is 5.57 Å². The Morgan fingerprint density at radius 3 is 1.31 bits per heavy atom. The van der Waals surface area contributed by atoms with Crippen molar-refractivity contribution in [2.45, 2.75) is 116 Å². The van der Waals surface area contributed by atoms with E-state index in [2.05, 4.69) is 5.32 Å². The van der Waals surface area contributed by atoms with Gasteiger partial charge >= 0.3 is 0 Å². The maximum Gasteiger partial charge on any atom is 0.187 e. The lowest BCUT2D eigenvalue weighted by molar-refractivity contribution is -0.374. The van der Waals surface area contributed by atoms with E-state index in [1.807, 2.05) is 0 Å². The zero-order chi connectivity index (χ0) is 33.3. The summed E-state index contributed by atoms with van der Waals surface area (Å²) < 4.78 is 27.2. The maximum atomic E-state index is 10.9. The van der Waals surface area contributed by atoms with E-state index >= 15 is 0 Å². The van der Waals surface area contributed by atoms with Crippen molar-refractivity contribution in [2.24, 2.45) is 0 Å². The SMILES string of the molecule is OCC1=CC(N[C@@H]2C(CO)O[C@@H](OC3[C@H](O)C(O)[C@H](OC4C(CO)O[C@H](O)[C@H](O)C4O)O[C@@H]3CO)[C@H](O)C2O)C(O)[C@@H](O)C1O.S.S.S.S.S.S.S.S.S.S. The second-order valence-corrected chi connectivity index (χ2v) is 11.4. The van der Waals surface area contributed by atoms with E-state index in [1.54, 1.807) is 0 Å². The molecule has 0 spiro atoms. The molecule has 3 heterocycles. The first-order chi connectivity index (χ1) is 21.3. The number of nitrogens with one attached hydrogen (secondary N) is 1. The van der Waals surface area contributed by atoms with Gasteiger partial charge in [-0.25, -0.2) is 0 Å². The molecule has 342 valence electrons. The van der Waals surface area contributed by atoms with Gasteiger partial charge in [0.15, 0.2) is 18.9 Å². The van der Waals surface area contributed by atoms with Gasteiger partial charge < -0.3 is 100 Å². The molecule has 19 atom stereocenters. The molecule has 30 heteroatoms. The summed E-state index contributed by atoms with van der Waals surface area (Å²) in [4.78, 5) is 0. The molecule has 0 bridgehead atoms. The Balaban J connectivity index is -0.000000461. The van der Waals surface area contributed by atoms with Crippen molar-refractivity contribution < 1.29 is 95.2 Å². The molecule has 0 aromatic carbocycles. The fourth-order valence-electron chi connectivity index (χ4n) is 5.85. The van der Waals surface area contributed by atoms with Gasteiger partial charge in [0, 0.05) is 0 Å². The summed E-state index contributed by atoms with van der Waals surface area (Å²) in [5.41, 5.74) is -0.0350. The van der Waals surface area contributed by atoms with Gasteiger partial charge in [-0.2, -0.15) is 135 Å². The molecule has 1 aliphatic carbocycles. The zero-order valence-electron chi connectivity index (χ0n) is 28.7. The fraction of sp³-hybridized carbons (Fsp3) is 0.920. The maximum absolute atomic E-state index is 10.9. The van der Waals surface area contributed by atoms with E-state index in [1.165, 1.54) is 6.08 Å². The molecule has 4 rings (SSSR count). The van der Waals surface area contributed by atoms with Gasteiger partial charge in [0.1, 0.15) is 85.5 Å². The molecular formula is C25H63NO19S10. The highest BCUT2D eigenvalue weighted by atomic mass is 32.1. The number of hydrogen-bond acceptors (Lipinski definition) is 20. The van der Waals surface area contributed by atoms with Gasteiger partial charge in [0.2, 0.25) is 0 Å². The second kappa shape index (κ2) is 32.2. The lowest BCUT2D eigenvalue weighted by Crippen LogP contribution is -2.69. The van der Waals surface area contributed by atoms with Crippen LogP contribution >= 0.6 is 135 Å². The molecule has 0 amide bonds. The molecule has 3 aliphatic heterocycles. The number of rotatable bonds is 10. The first-order valence-corrected chi connectivity index (χ1v) is 14.3. The van der Waals surface area contributed by atoms with Crippen LogP contribution in [0.1, 0.15) is 0 Å². The average molecular weight is 1000 g/mol. The van der Waals surface area contributed by atoms with Crippen LogP contribution in [-0.4, -0.2) is 214 Å². The summed E-state index contributed by atoms with van der Waals surface area (Å²) >= 11 is 0. The van der Waals surface area contributed by atoms with Crippen molar-refractivity contribution in [3.8, 4) is 0 Å². The molecule has 4 aliphatic rings. The molecule has 3 saturated heterocycles. The molecule has 3 fully saturated rings. The van der Waals surface area contributed by atoms with Gasteiger partial charge in [0.25, 0.3) is 0 Å². The molecule has 20 nitrogen and oxygen atoms in total. The van der Waals surface area contributed by atoms with Crippen LogP contribution in [0.2, 0.25) is 0 Å². The van der Waals surface area contributed by atoms with Crippen molar-refractivity contribution >= 4 is 135 Å². The number of ether oxygens (including phenoxy) is 5. The Morgan fingerprint density at radius 1 is 0.473 bits per heavy atom. The lowest BCUT2D eigenvalue weighted by Gasteiger charge is -2.49. The van der Waals surface area contributed by atoms with Crippen molar-refractivity contribution in [1.82, 2.24) is 5.32 Å². The quantitative estimate of drug-likeness (QED) is 0.0904. The van der Waals surface area contributed by atoms with E-state index in [4.69, 9.17) is 23.7 Å². The van der Waals surface area contributed by atoms with Crippen molar-refractivity contribution in [3.05, 3.63) is 11.6 Å². The third-order valence-electron chi connectivity index (χ3n) is 8.51. The number of aliphatic hydroxyl groups excluding tert-OH is 14. The summed E-state index contributed by atoms with van der Waals surface area (Å²) in [7, 11) is 0. The van der Waals surface area contributed by atoms with E-state index in [0.717, 1.165) is 0 Å². The Kier molecular flexibility index (Phi) is 42.1. The van der Waals surface area contributed by atoms with Crippen LogP contribution in [0, 0.1) is 0 Å². The smallest absolute Gasteiger partial charge is 0.187 e. The summed E-state index contributed by atoms with van der Waals surface area (Å²) in [5.74, 6) is 0. The van der Waals surface area contributed by atoms with Crippen LogP contribution in [0.25, 0.3) is 0 Å². The highest BCUT2D eigenvalue weighted by Crippen LogP contribution is 2.32. The Morgan fingerprint density at radius 2 is 0.873 bits per heavy atom. The Bertz CT molecular complexity index is 1010. The van der Waals surface area contributed by atoms with Gasteiger partial charge in [-0.3, -0.25) is 0 Å². The van der Waals surface area contributed by atoms with E-state index in [0.29, 0.717) is 0 Å².